The lowest BCUT2D eigenvalue weighted by Gasteiger charge is -2.29. The van der Waals surface area contributed by atoms with Gasteiger partial charge in [0, 0.05) is 38.0 Å². The van der Waals surface area contributed by atoms with Gasteiger partial charge in [-0.3, -0.25) is 0 Å². The fraction of sp³-hybridized carbons (Fsp3) is 0.304. The number of hydrogen-bond acceptors (Lipinski definition) is 7. The highest BCUT2D eigenvalue weighted by Gasteiger charge is 2.24. The van der Waals surface area contributed by atoms with Crippen molar-refractivity contribution in [2.24, 2.45) is 7.05 Å². The predicted octanol–water partition coefficient (Wildman–Crippen LogP) is 2.75. The number of carbonyl (C=O) groups is 1. The molecule has 0 saturated carbocycles. The van der Waals surface area contributed by atoms with Crippen molar-refractivity contribution in [2.75, 3.05) is 38.3 Å². The van der Waals surface area contributed by atoms with Crippen molar-refractivity contribution < 1.29 is 14.3 Å². The van der Waals surface area contributed by atoms with E-state index in [0.717, 1.165) is 30.0 Å². The molecule has 1 aromatic carbocycles. The highest BCUT2D eigenvalue weighted by molar-refractivity contribution is 5.95. The van der Waals surface area contributed by atoms with E-state index in [1.807, 2.05) is 30.5 Å². The minimum atomic E-state index is -0.499. The van der Waals surface area contributed by atoms with Crippen LogP contribution in [0.3, 0.4) is 0 Å². The molecule has 1 fully saturated rings. The van der Waals surface area contributed by atoms with Crippen LogP contribution in [0.4, 0.5) is 5.69 Å². The number of nitrogens with zero attached hydrogens (tertiary/aromatic N) is 6. The monoisotopic (exact) mass is 432 g/mol. The first-order valence-corrected chi connectivity index (χ1v) is 10.5. The van der Waals surface area contributed by atoms with E-state index in [9.17, 15) is 4.79 Å². The van der Waals surface area contributed by atoms with E-state index in [1.165, 1.54) is 12.7 Å². The van der Waals surface area contributed by atoms with Gasteiger partial charge in [0.15, 0.2) is 11.5 Å². The fourth-order valence-electron chi connectivity index (χ4n) is 3.97. The first-order valence-electron chi connectivity index (χ1n) is 10.5. The molecule has 1 aliphatic heterocycles. The summed E-state index contributed by atoms with van der Waals surface area (Å²) in [5.74, 6) is 0.362. The van der Waals surface area contributed by atoms with Crippen LogP contribution in [0, 0.1) is 6.92 Å². The molecule has 5 rings (SSSR count). The van der Waals surface area contributed by atoms with Gasteiger partial charge in [0.25, 0.3) is 0 Å². The second kappa shape index (κ2) is 8.08. The Morgan fingerprint density at radius 3 is 2.69 bits per heavy atom. The molecule has 164 valence electrons. The highest BCUT2D eigenvalue weighted by Crippen LogP contribution is 2.29. The first-order chi connectivity index (χ1) is 15.5. The summed E-state index contributed by atoms with van der Waals surface area (Å²) in [5.41, 5.74) is 5.24. The van der Waals surface area contributed by atoms with Crippen LogP contribution in [0.2, 0.25) is 0 Å². The summed E-state index contributed by atoms with van der Waals surface area (Å²) in [6, 6.07) is 12.2. The van der Waals surface area contributed by atoms with Gasteiger partial charge < -0.3 is 18.9 Å². The van der Waals surface area contributed by atoms with Gasteiger partial charge in [-0.25, -0.2) is 19.4 Å². The molecule has 0 aliphatic carbocycles. The summed E-state index contributed by atoms with van der Waals surface area (Å²) in [6.07, 6.45) is 1.90. The van der Waals surface area contributed by atoms with E-state index in [-0.39, 0.29) is 5.82 Å². The van der Waals surface area contributed by atoms with E-state index in [4.69, 9.17) is 19.6 Å². The Bertz CT molecular complexity index is 1300. The van der Waals surface area contributed by atoms with Crippen molar-refractivity contribution in [2.45, 2.75) is 6.92 Å². The third-order valence-electron chi connectivity index (χ3n) is 5.65. The van der Waals surface area contributed by atoms with Crippen LogP contribution >= 0.6 is 0 Å². The van der Waals surface area contributed by atoms with Crippen molar-refractivity contribution in [3.63, 3.8) is 0 Å². The van der Waals surface area contributed by atoms with E-state index in [2.05, 4.69) is 28.9 Å². The van der Waals surface area contributed by atoms with Gasteiger partial charge in [-0.05, 0) is 19.1 Å². The molecule has 32 heavy (non-hydrogen) atoms. The number of methoxy groups -OCH3 is 1. The zero-order valence-electron chi connectivity index (χ0n) is 18.3. The third kappa shape index (κ3) is 3.50. The normalized spacial score (nSPS) is 14.2. The topological polar surface area (TPSA) is 87.3 Å². The molecule has 0 bridgehead atoms. The number of hydrogen-bond donors (Lipinski definition) is 0. The average molecular weight is 432 g/mol. The number of ether oxygens (including phenoxy) is 2. The summed E-state index contributed by atoms with van der Waals surface area (Å²) in [4.78, 5) is 23.8. The fourth-order valence-corrected chi connectivity index (χ4v) is 3.97. The molecular formula is C23H24N6O3. The quantitative estimate of drug-likeness (QED) is 0.458. The molecule has 0 atom stereocenters. The summed E-state index contributed by atoms with van der Waals surface area (Å²) in [7, 11) is 3.11. The van der Waals surface area contributed by atoms with Gasteiger partial charge in [0.05, 0.1) is 31.7 Å². The highest BCUT2D eigenvalue weighted by atomic mass is 16.5. The smallest absolute Gasteiger partial charge is 0.374 e. The lowest BCUT2D eigenvalue weighted by Crippen LogP contribution is -2.36. The first kappa shape index (κ1) is 20.2. The number of aromatic nitrogens is 5. The number of pyridine rings is 1. The molecule has 0 unspecified atom stereocenters. The summed E-state index contributed by atoms with van der Waals surface area (Å²) >= 11 is 0. The lowest BCUT2D eigenvalue weighted by molar-refractivity contribution is 0.0583. The largest absolute Gasteiger partial charge is 0.463 e. The standard InChI is InChI=1S/C23H24N6O3/c1-15-5-4-6-16(13-15)17-7-8-29(26-17)19-14-18(28-9-11-32-12-10-28)20-21(24-19)27(2)22(25-20)23(30)31-3/h4-8,13-14H,9-12H2,1-3H3. The van der Waals surface area contributed by atoms with Gasteiger partial charge in [-0.1, -0.05) is 23.8 Å². The Morgan fingerprint density at radius 1 is 1.12 bits per heavy atom. The number of benzene rings is 1. The van der Waals surface area contributed by atoms with Gasteiger partial charge in [0.2, 0.25) is 5.82 Å². The molecule has 1 saturated heterocycles. The Hall–Kier alpha value is -3.72. The van der Waals surface area contributed by atoms with Crippen molar-refractivity contribution in [1.29, 1.82) is 0 Å². The predicted molar refractivity (Wildman–Crippen MR) is 120 cm³/mol. The lowest BCUT2D eigenvalue weighted by atomic mass is 10.1. The maximum Gasteiger partial charge on any atom is 0.374 e. The van der Waals surface area contributed by atoms with Crippen LogP contribution in [-0.2, 0) is 16.5 Å². The van der Waals surface area contributed by atoms with Crippen LogP contribution in [0.15, 0.2) is 42.6 Å². The second-order valence-electron chi connectivity index (χ2n) is 7.77. The molecule has 0 N–H and O–H groups in total. The van der Waals surface area contributed by atoms with Crippen LogP contribution in [0.25, 0.3) is 28.2 Å². The Labute approximate surface area is 185 Å². The third-order valence-corrected chi connectivity index (χ3v) is 5.65. The maximum absolute atomic E-state index is 12.2. The Balaban J connectivity index is 1.65. The van der Waals surface area contributed by atoms with E-state index in [0.29, 0.717) is 30.2 Å². The van der Waals surface area contributed by atoms with Gasteiger partial charge >= 0.3 is 5.97 Å². The zero-order chi connectivity index (χ0) is 22.2. The molecule has 3 aromatic heterocycles. The maximum atomic E-state index is 12.2. The van der Waals surface area contributed by atoms with Crippen LogP contribution in [0.5, 0.6) is 0 Å². The zero-order valence-corrected chi connectivity index (χ0v) is 18.3. The minimum absolute atomic E-state index is 0.211. The Kier molecular flexibility index (Phi) is 5.10. The molecule has 9 nitrogen and oxygen atoms in total. The van der Waals surface area contributed by atoms with E-state index >= 15 is 0 Å². The molecular weight excluding hydrogens is 408 g/mol. The number of fused-ring (bicyclic) bond motifs is 1. The SMILES string of the molecule is COC(=O)c1nc2c(N3CCOCC3)cc(-n3ccc(-c4cccc(C)c4)n3)nc2n1C. The summed E-state index contributed by atoms with van der Waals surface area (Å²) in [6.45, 7) is 4.79. The van der Waals surface area contributed by atoms with Crippen LogP contribution < -0.4 is 4.90 Å². The number of esters is 1. The molecule has 0 amide bonds. The molecule has 4 heterocycles. The molecule has 1 aliphatic rings. The number of morpholine rings is 1. The van der Waals surface area contributed by atoms with Gasteiger partial charge in [0.1, 0.15) is 5.52 Å². The second-order valence-corrected chi connectivity index (χ2v) is 7.77. The summed E-state index contributed by atoms with van der Waals surface area (Å²) < 4.78 is 13.8. The molecule has 9 heteroatoms. The van der Waals surface area contributed by atoms with Crippen molar-refractivity contribution >= 4 is 22.8 Å². The van der Waals surface area contributed by atoms with E-state index < -0.39 is 5.97 Å². The van der Waals surface area contributed by atoms with Gasteiger partial charge in [-0.15, -0.1) is 0 Å². The van der Waals surface area contributed by atoms with Crippen LogP contribution in [-0.4, -0.2) is 63.7 Å². The Morgan fingerprint density at radius 2 is 1.94 bits per heavy atom. The molecule has 0 spiro atoms. The number of imidazole rings is 1. The molecule has 4 aromatic rings. The van der Waals surface area contributed by atoms with Gasteiger partial charge in [-0.2, -0.15) is 5.10 Å². The average Bonchev–Trinajstić information content (AvgIpc) is 3.44. The van der Waals surface area contributed by atoms with Crippen molar-refractivity contribution in [3.8, 4) is 17.1 Å². The van der Waals surface area contributed by atoms with Crippen molar-refractivity contribution in [1.82, 2.24) is 24.3 Å². The number of aryl methyl sites for hydroxylation is 2. The van der Waals surface area contributed by atoms with E-state index in [1.54, 1.807) is 16.3 Å². The van der Waals surface area contributed by atoms with Crippen LogP contribution in [0.1, 0.15) is 16.2 Å². The molecule has 0 radical (unpaired) electrons. The van der Waals surface area contributed by atoms with Crippen molar-refractivity contribution in [3.05, 3.63) is 54.0 Å². The number of carbonyl (C=O) groups excluding carboxylic acids is 1. The number of rotatable bonds is 4. The minimum Gasteiger partial charge on any atom is -0.463 e. The number of anilines is 1. The summed E-state index contributed by atoms with van der Waals surface area (Å²) in [5, 5.41) is 4.76.